The highest BCUT2D eigenvalue weighted by atomic mass is 79.9. The van der Waals surface area contributed by atoms with Crippen LogP contribution >= 0.6 is 15.9 Å². The smallest absolute Gasteiger partial charge is 0.339 e. The fraction of sp³-hybridized carbons (Fsp3) is 0.231. The van der Waals surface area contributed by atoms with Crippen LogP contribution in [-0.4, -0.2) is 15.7 Å². The van der Waals surface area contributed by atoms with Crippen LogP contribution in [0, 0.1) is 12.7 Å². The fourth-order valence-corrected chi connectivity index (χ4v) is 2.22. The Bertz CT molecular complexity index is 670. The maximum atomic E-state index is 13.2. The summed E-state index contributed by atoms with van der Waals surface area (Å²) in [4.78, 5) is 12.0. The lowest BCUT2D eigenvalue weighted by Crippen LogP contribution is -2.09. The van der Waals surface area contributed by atoms with E-state index in [-0.39, 0.29) is 17.9 Å². The van der Waals surface area contributed by atoms with Gasteiger partial charge in [0.15, 0.2) is 0 Å². The van der Waals surface area contributed by atoms with Crippen LogP contribution < -0.4 is 5.73 Å². The third kappa shape index (κ3) is 2.98. The molecule has 2 aromatic rings. The molecule has 0 aliphatic carbocycles. The van der Waals surface area contributed by atoms with E-state index >= 15 is 0 Å². The van der Waals surface area contributed by atoms with E-state index in [4.69, 9.17) is 10.5 Å². The van der Waals surface area contributed by atoms with Crippen molar-refractivity contribution in [1.82, 2.24) is 9.78 Å². The SMILES string of the molecule is Cc1cc(COC(=O)c2cc(N)c(F)cc2Br)n(C)n1. The van der Waals surface area contributed by atoms with Gasteiger partial charge in [-0.05, 0) is 41.1 Å². The number of nitrogen functional groups attached to an aromatic ring is 1. The van der Waals surface area contributed by atoms with Crippen molar-refractivity contribution in [3.63, 3.8) is 0 Å². The maximum absolute atomic E-state index is 13.2. The average molecular weight is 342 g/mol. The van der Waals surface area contributed by atoms with Gasteiger partial charge in [0.25, 0.3) is 0 Å². The molecule has 106 valence electrons. The number of hydrogen-bond acceptors (Lipinski definition) is 4. The molecule has 0 amide bonds. The van der Waals surface area contributed by atoms with E-state index in [2.05, 4.69) is 21.0 Å². The minimum absolute atomic E-state index is 0.0832. The van der Waals surface area contributed by atoms with E-state index in [0.29, 0.717) is 4.47 Å². The van der Waals surface area contributed by atoms with Gasteiger partial charge >= 0.3 is 5.97 Å². The summed E-state index contributed by atoms with van der Waals surface area (Å²) in [5, 5.41) is 4.15. The maximum Gasteiger partial charge on any atom is 0.339 e. The highest BCUT2D eigenvalue weighted by Crippen LogP contribution is 2.23. The van der Waals surface area contributed by atoms with Gasteiger partial charge in [0.1, 0.15) is 12.4 Å². The minimum atomic E-state index is -0.587. The highest BCUT2D eigenvalue weighted by molar-refractivity contribution is 9.10. The molecule has 0 bridgehead atoms. The van der Waals surface area contributed by atoms with Gasteiger partial charge in [-0.2, -0.15) is 5.10 Å². The second-order valence-electron chi connectivity index (χ2n) is 4.33. The molecule has 0 aliphatic heterocycles. The first kappa shape index (κ1) is 14.5. The Kier molecular flexibility index (Phi) is 4.08. The molecule has 2 N–H and O–H groups in total. The molecule has 0 saturated heterocycles. The van der Waals surface area contributed by atoms with Crippen molar-refractivity contribution in [2.75, 3.05) is 5.73 Å². The predicted octanol–water partition coefficient (Wildman–Crippen LogP) is 2.57. The van der Waals surface area contributed by atoms with Crippen LogP contribution in [0.5, 0.6) is 0 Å². The number of hydrogen-bond donors (Lipinski definition) is 1. The summed E-state index contributed by atoms with van der Waals surface area (Å²) in [6, 6.07) is 4.21. The summed E-state index contributed by atoms with van der Waals surface area (Å²) >= 11 is 3.11. The van der Waals surface area contributed by atoms with E-state index in [0.717, 1.165) is 17.5 Å². The second-order valence-corrected chi connectivity index (χ2v) is 5.18. The van der Waals surface area contributed by atoms with E-state index in [1.54, 1.807) is 11.7 Å². The highest BCUT2D eigenvalue weighted by Gasteiger charge is 2.15. The van der Waals surface area contributed by atoms with Crippen LogP contribution in [0.1, 0.15) is 21.7 Å². The lowest BCUT2D eigenvalue weighted by atomic mass is 10.2. The number of aromatic nitrogens is 2. The van der Waals surface area contributed by atoms with E-state index in [1.807, 2.05) is 13.0 Å². The molecule has 0 atom stereocenters. The molecular formula is C13H13BrFN3O2. The first-order chi connectivity index (χ1) is 9.38. The molecule has 0 fully saturated rings. The number of nitrogens with two attached hydrogens (primary N) is 1. The van der Waals surface area contributed by atoms with Gasteiger partial charge in [-0.15, -0.1) is 0 Å². The van der Waals surface area contributed by atoms with Crippen molar-refractivity contribution < 1.29 is 13.9 Å². The van der Waals surface area contributed by atoms with Crippen molar-refractivity contribution in [3.05, 3.63) is 45.4 Å². The van der Waals surface area contributed by atoms with Crippen LogP contribution in [0.2, 0.25) is 0 Å². The van der Waals surface area contributed by atoms with Crippen LogP contribution in [-0.2, 0) is 18.4 Å². The molecule has 2 rings (SSSR count). The largest absolute Gasteiger partial charge is 0.456 e. The summed E-state index contributed by atoms with van der Waals surface area (Å²) in [6.07, 6.45) is 0. The zero-order chi connectivity index (χ0) is 14.9. The average Bonchev–Trinajstić information content (AvgIpc) is 2.69. The van der Waals surface area contributed by atoms with E-state index in [9.17, 15) is 9.18 Å². The predicted molar refractivity (Wildman–Crippen MR) is 75.6 cm³/mol. The lowest BCUT2D eigenvalue weighted by Gasteiger charge is -2.08. The first-order valence-electron chi connectivity index (χ1n) is 5.79. The van der Waals surface area contributed by atoms with E-state index in [1.165, 1.54) is 6.07 Å². The molecule has 7 heteroatoms. The summed E-state index contributed by atoms with van der Waals surface area (Å²) in [6.45, 7) is 1.93. The Balaban J connectivity index is 2.13. The molecule has 1 aromatic carbocycles. The van der Waals surface area contributed by atoms with Crippen LogP contribution in [0.4, 0.5) is 10.1 Å². The van der Waals surface area contributed by atoms with Crippen molar-refractivity contribution in [3.8, 4) is 0 Å². The number of esters is 1. The van der Waals surface area contributed by atoms with Crippen molar-refractivity contribution in [2.24, 2.45) is 7.05 Å². The van der Waals surface area contributed by atoms with Gasteiger partial charge in [0.2, 0.25) is 0 Å². The number of ether oxygens (including phenoxy) is 1. The standard InChI is InChI=1S/C13H13BrFN3O2/c1-7-3-8(18(2)17-7)6-20-13(19)9-4-12(16)11(15)5-10(9)14/h3-5H,6,16H2,1-2H3. The number of halogens is 2. The van der Waals surface area contributed by atoms with Gasteiger partial charge in [-0.1, -0.05) is 0 Å². The number of benzene rings is 1. The van der Waals surface area contributed by atoms with Crippen molar-refractivity contribution in [1.29, 1.82) is 0 Å². The normalized spacial score (nSPS) is 10.6. The fourth-order valence-electron chi connectivity index (χ4n) is 1.74. The molecule has 1 heterocycles. The van der Waals surface area contributed by atoms with Crippen LogP contribution in [0.25, 0.3) is 0 Å². The van der Waals surface area contributed by atoms with Gasteiger partial charge in [0.05, 0.1) is 22.6 Å². The Labute approximate surface area is 123 Å². The topological polar surface area (TPSA) is 70.1 Å². The number of rotatable bonds is 3. The van der Waals surface area contributed by atoms with Gasteiger partial charge in [0, 0.05) is 11.5 Å². The Morgan fingerprint density at radius 3 is 2.80 bits per heavy atom. The zero-order valence-corrected chi connectivity index (χ0v) is 12.6. The zero-order valence-electron chi connectivity index (χ0n) is 11.0. The summed E-state index contributed by atoms with van der Waals surface area (Å²) in [5.74, 6) is -1.17. The van der Waals surface area contributed by atoms with Crippen LogP contribution in [0.3, 0.4) is 0 Å². The molecule has 20 heavy (non-hydrogen) atoms. The van der Waals surface area contributed by atoms with Crippen LogP contribution in [0.15, 0.2) is 22.7 Å². The number of anilines is 1. The van der Waals surface area contributed by atoms with Gasteiger partial charge < -0.3 is 10.5 Å². The molecule has 0 saturated carbocycles. The second kappa shape index (κ2) is 5.62. The summed E-state index contributed by atoms with van der Waals surface area (Å²) in [5.41, 5.74) is 7.13. The first-order valence-corrected chi connectivity index (χ1v) is 6.59. The Hall–Kier alpha value is -1.89. The summed E-state index contributed by atoms with van der Waals surface area (Å²) < 4.78 is 20.3. The number of nitrogens with zero attached hydrogens (tertiary/aromatic N) is 2. The molecule has 0 spiro atoms. The lowest BCUT2D eigenvalue weighted by molar-refractivity contribution is 0.0462. The Morgan fingerprint density at radius 1 is 1.50 bits per heavy atom. The minimum Gasteiger partial charge on any atom is -0.456 e. The van der Waals surface area contributed by atoms with Gasteiger partial charge in [-0.25, -0.2) is 9.18 Å². The van der Waals surface area contributed by atoms with Crippen molar-refractivity contribution in [2.45, 2.75) is 13.5 Å². The third-order valence-electron chi connectivity index (χ3n) is 2.76. The molecule has 0 aliphatic rings. The Morgan fingerprint density at radius 2 is 2.20 bits per heavy atom. The number of aryl methyl sites for hydroxylation is 2. The number of carbonyl (C=O) groups excluding carboxylic acids is 1. The third-order valence-corrected chi connectivity index (χ3v) is 3.41. The molecular weight excluding hydrogens is 329 g/mol. The monoisotopic (exact) mass is 341 g/mol. The summed E-state index contributed by atoms with van der Waals surface area (Å²) in [7, 11) is 1.77. The van der Waals surface area contributed by atoms with E-state index < -0.39 is 11.8 Å². The molecule has 5 nitrogen and oxygen atoms in total. The molecule has 1 aromatic heterocycles. The molecule has 0 radical (unpaired) electrons. The van der Waals surface area contributed by atoms with Gasteiger partial charge in [-0.3, -0.25) is 4.68 Å². The number of carbonyl (C=O) groups is 1. The quantitative estimate of drug-likeness (QED) is 0.688. The molecule has 0 unspecified atom stereocenters. The van der Waals surface area contributed by atoms with Crippen molar-refractivity contribution >= 4 is 27.6 Å².